The van der Waals surface area contributed by atoms with E-state index in [-0.39, 0.29) is 5.41 Å². The number of anilines is 1. The minimum atomic E-state index is 0.275. The minimum Gasteiger partial charge on any atom is -0.384 e. The van der Waals surface area contributed by atoms with Crippen molar-refractivity contribution in [3.8, 4) is 0 Å². The second kappa shape index (κ2) is 44.5. The van der Waals surface area contributed by atoms with E-state index in [1.165, 1.54) is 177 Å². The van der Waals surface area contributed by atoms with Gasteiger partial charge in [0.25, 0.3) is 0 Å². The molecule has 0 spiro atoms. The largest absolute Gasteiger partial charge is 0.384 e. The van der Waals surface area contributed by atoms with Crippen molar-refractivity contribution in [1.82, 2.24) is 45.4 Å². The number of morpholine rings is 1. The first-order valence-corrected chi connectivity index (χ1v) is 39.5. The van der Waals surface area contributed by atoms with Crippen molar-refractivity contribution in [2.24, 2.45) is 29.6 Å². The summed E-state index contributed by atoms with van der Waals surface area (Å²) < 4.78 is 5.54. The van der Waals surface area contributed by atoms with Gasteiger partial charge in [-0.05, 0) is 276 Å². The van der Waals surface area contributed by atoms with E-state index in [0.717, 1.165) is 93.1 Å². The molecule has 95 heavy (non-hydrogen) atoms. The molecule has 14 rings (SSSR count). The van der Waals surface area contributed by atoms with Crippen LogP contribution in [-0.4, -0.2) is 182 Å². The number of benzene rings is 2. The van der Waals surface area contributed by atoms with Crippen molar-refractivity contribution >= 4 is 16.6 Å². The van der Waals surface area contributed by atoms with Crippen molar-refractivity contribution in [1.29, 1.82) is 0 Å². The van der Waals surface area contributed by atoms with Crippen molar-refractivity contribution in [3.05, 3.63) is 71.4 Å². The zero-order valence-electron chi connectivity index (χ0n) is 67.3. The fraction of sp³-hybridized carbons (Fsp3) is 0.821. The lowest BCUT2D eigenvalue weighted by Gasteiger charge is -2.42. The van der Waals surface area contributed by atoms with Gasteiger partial charge in [-0.3, -0.25) is 19.7 Å². The van der Waals surface area contributed by atoms with E-state index in [9.17, 15) is 0 Å². The Kier molecular flexibility index (Phi) is 40.5. The molecule has 10 fully saturated rings. The summed E-state index contributed by atoms with van der Waals surface area (Å²) in [7, 11) is 0. The van der Waals surface area contributed by atoms with Crippen LogP contribution in [0.15, 0.2) is 54.7 Å². The third-order valence-corrected chi connectivity index (χ3v) is 19.9. The number of nitrogens with zero attached hydrogens (tertiary/aromatic N) is 6. The number of hydrogen-bond acceptors (Lipinski definition) is 11. The molecular formula is C84H158N10O. The first-order chi connectivity index (χ1) is 44.8. The molecule has 4 bridgehead atoms. The van der Waals surface area contributed by atoms with Gasteiger partial charge in [-0.1, -0.05) is 126 Å². The third kappa shape index (κ3) is 34.0. The fourth-order valence-corrected chi connectivity index (χ4v) is 13.9. The van der Waals surface area contributed by atoms with Crippen LogP contribution < -0.4 is 21.3 Å². The van der Waals surface area contributed by atoms with E-state index < -0.39 is 0 Å². The Bertz CT molecular complexity index is 2350. The molecule has 2 saturated carbocycles. The Morgan fingerprint density at radius 1 is 0.537 bits per heavy atom. The highest BCUT2D eigenvalue weighted by Crippen LogP contribution is 2.45. The van der Waals surface area contributed by atoms with Crippen LogP contribution in [0.5, 0.6) is 0 Å². The van der Waals surface area contributed by atoms with Gasteiger partial charge in [0.1, 0.15) is 0 Å². The standard InChI is InChI=1S/C12H17N.C12H13N.C11H21N.C9H17NO.C8H15N.2C7H15N.C5H11N.C4H10N2.C4H10.C3H8.C2H6/c1-12(2,3)10-4-5-11-9(8-10)6-7-13-11;1-9(2)10-5-3-7-12-11(10)6-4-8-13-12;1-11(2,3)12-7-9-4-5-10(6-9)8-12;1-9(2,3)10-5-8-4-7(10)6-11-8;1-6(2)9-4-7-3-8(7)5-9;1-7(2,3)8-5-4-6-8;1-7(2)8-5-3-4-6-8;1-2-4-6-5-3-1;1-2-6-4-3-5-1;1-4(2)3;1-3-2;1-2/h4-5,8,13H,6-7H2,1-3H3;3-9H,1-2H3;9-10H,4-8H2,1-3H3;7-8H,4-6H2,1-3H3;6-8H,3-5H2,1-2H3;4-6H2,1-3H3;7H,3-6H2,1-2H3;6H,1-5H2;5-6H,1-4H2;4H,1-3H3;3H2,1-2H3;1-2H3. The van der Waals surface area contributed by atoms with Crippen molar-refractivity contribution < 1.29 is 4.74 Å². The summed E-state index contributed by atoms with van der Waals surface area (Å²) in [6.45, 7) is 76.8. The summed E-state index contributed by atoms with van der Waals surface area (Å²) in [5, 5.41) is 14.4. The van der Waals surface area contributed by atoms with Crippen molar-refractivity contribution in [3.63, 3.8) is 0 Å². The highest BCUT2D eigenvalue weighted by Gasteiger charge is 2.46. The molecule has 8 saturated heterocycles. The molecule has 4 N–H and O–H groups in total. The van der Waals surface area contributed by atoms with Crippen LogP contribution in [-0.2, 0) is 16.6 Å². The maximum atomic E-state index is 5.54. The molecule has 11 aliphatic rings. The quantitative estimate of drug-likeness (QED) is 0.202. The summed E-state index contributed by atoms with van der Waals surface area (Å²) in [6, 6.07) is 19.5. The van der Waals surface area contributed by atoms with Crippen LogP contribution >= 0.6 is 0 Å². The van der Waals surface area contributed by atoms with E-state index in [2.05, 4.69) is 252 Å². The first kappa shape index (κ1) is 86.5. The Hall–Kier alpha value is -2.71. The Morgan fingerprint density at radius 3 is 1.43 bits per heavy atom. The summed E-state index contributed by atoms with van der Waals surface area (Å²) >= 11 is 0. The number of likely N-dealkylation sites (tertiary alicyclic amines) is 5. The van der Waals surface area contributed by atoms with Gasteiger partial charge in [0.15, 0.2) is 0 Å². The molecule has 2 aliphatic carbocycles. The zero-order chi connectivity index (χ0) is 70.9. The van der Waals surface area contributed by atoms with Crippen molar-refractivity contribution in [2.75, 3.05) is 117 Å². The average Bonchev–Trinajstić information content (AvgIpc) is 1.68. The highest BCUT2D eigenvalue weighted by molar-refractivity contribution is 5.82. The number of rotatable bonds is 3. The SMILES string of the molecule is C1CCNCC1.C1CNCCN1.CC.CC(C)(C)N1CC2CC1CO2.CC(C)(C)N1CC2CCC(C2)C1.CC(C)(C)N1CCC1.CC(C)(C)c1ccc2c(c1)CCN2.CC(C)C.CC(C)N1CC2CC2C1.CC(C)N1CCCC1.CC(C)c1cccc2ncccc12.CCC. The van der Waals surface area contributed by atoms with Crippen molar-refractivity contribution in [2.45, 2.75) is 309 Å². The number of nitrogens with one attached hydrogen (secondary N) is 4. The van der Waals surface area contributed by atoms with Gasteiger partial charge >= 0.3 is 0 Å². The molecule has 6 atom stereocenters. The molecule has 10 heterocycles. The number of piperidine rings is 3. The molecule has 11 heteroatoms. The lowest BCUT2D eigenvalue weighted by atomic mass is 9.86. The van der Waals surface area contributed by atoms with E-state index >= 15 is 0 Å². The second-order valence-electron chi connectivity index (χ2n) is 34.6. The van der Waals surface area contributed by atoms with E-state index in [4.69, 9.17) is 4.74 Å². The number of pyridine rings is 1. The monoisotopic (exact) mass is 1320 g/mol. The predicted octanol–water partition coefficient (Wildman–Crippen LogP) is 18.5. The summed E-state index contributed by atoms with van der Waals surface area (Å²) in [6.07, 6.45) is 20.6. The van der Waals surface area contributed by atoms with Gasteiger partial charge in [-0.2, -0.15) is 0 Å². The second-order valence-corrected chi connectivity index (χ2v) is 34.6. The number of piperazine rings is 1. The van der Waals surface area contributed by atoms with Crippen LogP contribution in [0.4, 0.5) is 5.69 Å². The van der Waals surface area contributed by atoms with E-state index in [0.29, 0.717) is 34.7 Å². The minimum absolute atomic E-state index is 0.275. The molecule has 2 aromatic carbocycles. The molecule has 3 aromatic rings. The van der Waals surface area contributed by atoms with Crippen LogP contribution in [0.2, 0.25) is 0 Å². The normalized spacial score (nSPS) is 24.2. The van der Waals surface area contributed by atoms with Crippen LogP contribution in [0.3, 0.4) is 0 Å². The van der Waals surface area contributed by atoms with Gasteiger partial charge in [0.05, 0.1) is 18.2 Å². The van der Waals surface area contributed by atoms with E-state index in [1.54, 1.807) is 0 Å². The molecule has 6 unspecified atom stereocenters. The predicted molar refractivity (Wildman–Crippen MR) is 420 cm³/mol. The van der Waals surface area contributed by atoms with Crippen LogP contribution in [0.25, 0.3) is 10.9 Å². The van der Waals surface area contributed by atoms with Crippen LogP contribution in [0.1, 0.15) is 273 Å². The average molecular weight is 1320 g/mol. The summed E-state index contributed by atoms with van der Waals surface area (Å²) in [5.74, 6) is 5.67. The molecule has 0 radical (unpaired) electrons. The first-order valence-electron chi connectivity index (χ1n) is 39.5. The molecular weight excluding hydrogens is 1160 g/mol. The zero-order valence-corrected chi connectivity index (χ0v) is 67.3. The van der Waals surface area contributed by atoms with Gasteiger partial charge in [-0.15, -0.1) is 0 Å². The van der Waals surface area contributed by atoms with Gasteiger partial charge < -0.3 is 35.8 Å². The topological polar surface area (TPSA) is 86.4 Å². The Balaban J connectivity index is 0.000000277. The molecule has 0 amide bonds. The number of fused-ring (bicyclic) bond motifs is 7. The maximum Gasteiger partial charge on any atom is 0.0718 e. The van der Waals surface area contributed by atoms with E-state index in [1.807, 2.05) is 26.1 Å². The molecule has 550 valence electrons. The molecule has 11 nitrogen and oxygen atoms in total. The number of ether oxygens (including phenoxy) is 1. The highest BCUT2D eigenvalue weighted by atomic mass is 16.5. The van der Waals surface area contributed by atoms with Crippen LogP contribution in [0, 0.1) is 29.6 Å². The molecule has 1 aromatic heterocycles. The summed E-state index contributed by atoms with van der Waals surface area (Å²) in [5.41, 5.74) is 8.16. The third-order valence-electron chi connectivity index (χ3n) is 19.9. The molecule has 9 aliphatic heterocycles. The number of hydrogen-bond donors (Lipinski definition) is 4. The summed E-state index contributed by atoms with van der Waals surface area (Å²) in [4.78, 5) is 17.2. The number of aromatic nitrogens is 1. The lowest BCUT2D eigenvalue weighted by Crippen LogP contribution is -2.49. The van der Waals surface area contributed by atoms with Gasteiger partial charge in [0.2, 0.25) is 0 Å². The lowest BCUT2D eigenvalue weighted by molar-refractivity contribution is -0.00804. The Labute approximate surface area is 590 Å². The van der Waals surface area contributed by atoms with Gasteiger partial charge in [0, 0.05) is 117 Å². The maximum absolute atomic E-state index is 5.54. The smallest absolute Gasteiger partial charge is 0.0718 e. The Morgan fingerprint density at radius 2 is 1.07 bits per heavy atom. The van der Waals surface area contributed by atoms with Gasteiger partial charge in [-0.25, -0.2) is 0 Å². The fourth-order valence-electron chi connectivity index (χ4n) is 13.9.